The molecule has 2 aliphatic carbocycles. The lowest BCUT2D eigenvalue weighted by atomic mass is 9.45. The zero-order valence-electron chi connectivity index (χ0n) is 22.5. The fraction of sp³-hybridized carbons (Fsp3) is 0.690. The second kappa shape index (κ2) is 12.3. The molecule has 1 saturated heterocycles. The molecule has 9 nitrogen and oxygen atoms in total. The first-order chi connectivity index (χ1) is 17.9. The summed E-state index contributed by atoms with van der Waals surface area (Å²) in [5, 5.41) is 17.9. The van der Waals surface area contributed by atoms with Crippen molar-refractivity contribution in [2.45, 2.75) is 97.0 Å². The van der Waals surface area contributed by atoms with Gasteiger partial charge in [-0.1, -0.05) is 32.1 Å². The summed E-state index contributed by atoms with van der Waals surface area (Å²) in [5.74, 6) is -2.88. The second-order valence-electron chi connectivity index (χ2n) is 11.5. The van der Waals surface area contributed by atoms with E-state index in [4.69, 9.17) is 19.7 Å². The first-order valence-electron chi connectivity index (χ1n) is 13.6. The Bertz CT molecular complexity index is 1010. The van der Waals surface area contributed by atoms with E-state index in [2.05, 4.69) is 13.5 Å². The minimum atomic E-state index is -1.07. The van der Waals surface area contributed by atoms with Gasteiger partial charge in [0.15, 0.2) is 0 Å². The van der Waals surface area contributed by atoms with Crippen LogP contribution in [0.5, 0.6) is 0 Å². The number of carbonyl (C=O) groups excluding carboxylic acids is 3. The minimum absolute atomic E-state index is 0.0421. The number of fused-ring (bicyclic) bond motifs is 1. The fourth-order valence-electron chi connectivity index (χ4n) is 7.04. The normalized spacial score (nSPS) is 31.9. The Morgan fingerprint density at radius 2 is 1.71 bits per heavy atom. The third kappa shape index (κ3) is 6.72. The van der Waals surface area contributed by atoms with Crippen molar-refractivity contribution in [3.8, 4) is 0 Å². The number of allylic oxidation sites excluding steroid dienone is 2. The lowest BCUT2D eigenvalue weighted by molar-refractivity contribution is -0.182. The van der Waals surface area contributed by atoms with Gasteiger partial charge in [-0.3, -0.25) is 19.2 Å². The first kappa shape index (κ1) is 29.6. The van der Waals surface area contributed by atoms with E-state index in [0.717, 1.165) is 24.8 Å². The van der Waals surface area contributed by atoms with Gasteiger partial charge in [0.25, 0.3) is 0 Å². The van der Waals surface area contributed by atoms with Gasteiger partial charge in [0, 0.05) is 30.3 Å². The van der Waals surface area contributed by atoms with Gasteiger partial charge in [-0.05, 0) is 55.8 Å². The second-order valence-corrected chi connectivity index (χ2v) is 11.5. The van der Waals surface area contributed by atoms with Crippen LogP contribution in [0.25, 0.3) is 0 Å². The maximum absolute atomic E-state index is 12.6. The summed E-state index contributed by atoms with van der Waals surface area (Å²) in [6.07, 6.45) is 5.50. The zero-order chi connectivity index (χ0) is 28.1. The summed E-state index contributed by atoms with van der Waals surface area (Å²) >= 11 is 0. The van der Waals surface area contributed by atoms with Crippen molar-refractivity contribution in [2.75, 3.05) is 6.61 Å². The molecule has 0 aromatic carbocycles. The number of hydrogen-bond acceptors (Lipinski definition) is 7. The lowest BCUT2D eigenvalue weighted by Gasteiger charge is -2.61. The van der Waals surface area contributed by atoms with Gasteiger partial charge < -0.3 is 19.7 Å². The number of cyclic esters (lactones) is 1. The van der Waals surface area contributed by atoms with E-state index in [-0.39, 0.29) is 61.1 Å². The van der Waals surface area contributed by atoms with Crippen LogP contribution in [0.4, 0.5) is 0 Å². The van der Waals surface area contributed by atoms with Crippen molar-refractivity contribution >= 4 is 29.7 Å². The molecule has 3 fully saturated rings. The molecule has 2 N–H and O–H groups in total. The molecule has 0 bridgehead atoms. The van der Waals surface area contributed by atoms with Crippen LogP contribution >= 0.6 is 0 Å². The number of carboxylic acid groups (broad SMARTS) is 2. The van der Waals surface area contributed by atoms with Crippen molar-refractivity contribution in [2.24, 2.45) is 22.7 Å². The minimum Gasteiger partial charge on any atom is -0.481 e. The third-order valence-corrected chi connectivity index (χ3v) is 9.16. The standard InChI is InChI=1S/C29H40O9/c1-18-4-8-22-28(2,21(18)7-5-19-14-17-37-27(19)36)16-13-23(38-26(35)11-10-25(33)34)29(22,3)15-12-20(30)6-9-24(31)32/h5,21-23H,1,4,6-17H2,2-3H3,(H,31,32)(H,33,34)/b19-5+/t21-,22?,23-,28+,29+/m1/s1. The van der Waals surface area contributed by atoms with Crippen LogP contribution < -0.4 is 0 Å². The highest BCUT2D eigenvalue weighted by Gasteiger charge is 2.58. The molecule has 9 heteroatoms. The molecular weight excluding hydrogens is 492 g/mol. The van der Waals surface area contributed by atoms with E-state index in [0.29, 0.717) is 37.9 Å². The predicted molar refractivity (Wildman–Crippen MR) is 137 cm³/mol. The Kier molecular flexibility index (Phi) is 9.54. The summed E-state index contributed by atoms with van der Waals surface area (Å²) in [5.41, 5.74) is 1.04. The molecular formula is C29H40O9. The number of ether oxygens (including phenoxy) is 2. The van der Waals surface area contributed by atoms with Crippen LogP contribution in [-0.2, 0) is 33.4 Å². The number of hydrogen-bond donors (Lipinski definition) is 2. The number of ketones is 1. The monoisotopic (exact) mass is 532 g/mol. The lowest BCUT2D eigenvalue weighted by Crippen LogP contribution is -2.57. The van der Waals surface area contributed by atoms with Gasteiger partial charge in [-0.25, -0.2) is 4.79 Å². The quantitative estimate of drug-likeness (QED) is 0.209. The molecule has 3 rings (SSSR count). The van der Waals surface area contributed by atoms with E-state index in [1.807, 2.05) is 13.0 Å². The number of carbonyl (C=O) groups is 5. The van der Waals surface area contributed by atoms with E-state index in [9.17, 15) is 24.0 Å². The van der Waals surface area contributed by atoms with Crippen LogP contribution in [0, 0.1) is 22.7 Å². The van der Waals surface area contributed by atoms with Gasteiger partial charge in [0.1, 0.15) is 11.9 Å². The van der Waals surface area contributed by atoms with Crippen molar-refractivity contribution < 1.29 is 43.7 Å². The molecule has 210 valence electrons. The Morgan fingerprint density at radius 3 is 2.34 bits per heavy atom. The predicted octanol–water partition coefficient (Wildman–Crippen LogP) is 4.63. The molecule has 1 heterocycles. The van der Waals surface area contributed by atoms with Crippen molar-refractivity contribution in [1.29, 1.82) is 0 Å². The van der Waals surface area contributed by atoms with Gasteiger partial charge in [-0.15, -0.1) is 0 Å². The highest BCUT2D eigenvalue weighted by molar-refractivity contribution is 5.90. The molecule has 1 unspecified atom stereocenters. The Balaban J connectivity index is 1.86. The zero-order valence-corrected chi connectivity index (χ0v) is 22.5. The largest absolute Gasteiger partial charge is 0.481 e. The molecule has 38 heavy (non-hydrogen) atoms. The van der Waals surface area contributed by atoms with Crippen molar-refractivity contribution in [3.05, 3.63) is 23.8 Å². The Morgan fingerprint density at radius 1 is 1.03 bits per heavy atom. The smallest absolute Gasteiger partial charge is 0.333 e. The van der Waals surface area contributed by atoms with Gasteiger partial charge in [-0.2, -0.15) is 0 Å². The average Bonchev–Trinajstić information content (AvgIpc) is 3.26. The number of carboxylic acids is 2. The number of aliphatic carboxylic acids is 2. The SMILES string of the molecule is C=C1CCC2[C@](C)(CCC(=O)CCC(=O)O)[C@H](OC(=O)CCC(=O)O)CC[C@@]2(C)[C@@H]1C/C=C1\CCOC1=O. The highest BCUT2D eigenvalue weighted by atomic mass is 16.5. The summed E-state index contributed by atoms with van der Waals surface area (Å²) in [6.45, 7) is 9.05. The molecule has 5 atom stereocenters. The number of esters is 2. The maximum atomic E-state index is 12.6. The summed E-state index contributed by atoms with van der Waals surface area (Å²) < 4.78 is 11.0. The summed E-state index contributed by atoms with van der Waals surface area (Å²) in [7, 11) is 0. The van der Waals surface area contributed by atoms with E-state index < -0.39 is 29.4 Å². The molecule has 2 saturated carbocycles. The van der Waals surface area contributed by atoms with E-state index >= 15 is 0 Å². The van der Waals surface area contributed by atoms with Crippen LogP contribution in [-0.4, -0.2) is 52.6 Å². The van der Waals surface area contributed by atoms with Crippen LogP contribution in [0.1, 0.15) is 90.9 Å². The topological polar surface area (TPSA) is 144 Å². The first-order valence-corrected chi connectivity index (χ1v) is 13.6. The summed E-state index contributed by atoms with van der Waals surface area (Å²) in [6, 6.07) is 0. The fourth-order valence-corrected chi connectivity index (χ4v) is 7.04. The molecule has 3 aliphatic rings. The molecule has 1 aliphatic heterocycles. The molecule has 0 aromatic rings. The van der Waals surface area contributed by atoms with E-state index in [1.54, 1.807) is 0 Å². The molecule has 0 radical (unpaired) electrons. The van der Waals surface area contributed by atoms with Gasteiger partial charge in [0.05, 0.1) is 25.9 Å². The number of Topliss-reactive ketones (excluding diaryl/α,β-unsaturated/α-hetero) is 1. The molecule has 0 aromatic heterocycles. The van der Waals surface area contributed by atoms with Crippen molar-refractivity contribution in [1.82, 2.24) is 0 Å². The maximum Gasteiger partial charge on any atom is 0.333 e. The van der Waals surface area contributed by atoms with E-state index in [1.165, 1.54) is 0 Å². The number of rotatable bonds is 12. The molecule has 0 spiro atoms. The third-order valence-electron chi connectivity index (χ3n) is 9.16. The Hall–Kier alpha value is -2.97. The van der Waals surface area contributed by atoms with Crippen LogP contribution in [0.15, 0.2) is 23.8 Å². The van der Waals surface area contributed by atoms with Crippen LogP contribution in [0.3, 0.4) is 0 Å². The van der Waals surface area contributed by atoms with Crippen molar-refractivity contribution in [3.63, 3.8) is 0 Å². The highest BCUT2D eigenvalue weighted by Crippen LogP contribution is 2.63. The van der Waals surface area contributed by atoms with Gasteiger partial charge in [0.2, 0.25) is 0 Å². The summed E-state index contributed by atoms with van der Waals surface area (Å²) in [4.78, 5) is 59.0. The molecule has 0 amide bonds. The van der Waals surface area contributed by atoms with Crippen LogP contribution in [0.2, 0.25) is 0 Å². The Labute approximate surface area is 223 Å². The average molecular weight is 533 g/mol. The van der Waals surface area contributed by atoms with Gasteiger partial charge >= 0.3 is 23.9 Å².